The summed E-state index contributed by atoms with van der Waals surface area (Å²) in [7, 11) is 0. The Balaban J connectivity index is 3.37. The van der Waals surface area contributed by atoms with E-state index < -0.39 is 5.60 Å². The van der Waals surface area contributed by atoms with Gasteiger partial charge in [-0.3, -0.25) is 0 Å². The van der Waals surface area contributed by atoms with E-state index in [0.29, 0.717) is 10.0 Å². The summed E-state index contributed by atoms with van der Waals surface area (Å²) in [4.78, 5) is 0. The summed E-state index contributed by atoms with van der Waals surface area (Å²) in [5, 5.41) is 9.73. The zero-order valence-electron chi connectivity index (χ0n) is 7.86. The molecule has 0 atom stereocenters. The van der Waals surface area contributed by atoms with Crippen LogP contribution in [-0.4, -0.2) is 5.11 Å². The molecule has 1 N–H and O–H groups in total. The summed E-state index contributed by atoms with van der Waals surface area (Å²) in [6.07, 6.45) is 0. The van der Waals surface area contributed by atoms with Crippen LogP contribution in [0.3, 0.4) is 0 Å². The molecule has 0 aliphatic rings. The number of aliphatic hydroxyl groups is 1. The molecule has 0 saturated heterocycles. The third-order valence-electron chi connectivity index (χ3n) is 1.97. The molecule has 3 heteroatoms. The third-order valence-corrected chi connectivity index (χ3v) is 2.79. The van der Waals surface area contributed by atoms with Gasteiger partial charge in [-0.2, -0.15) is 0 Å². The van der Waals surface area contributed by atoms with Crippen molar-refractivity contribution in [3.05, 3.63) is 33.5 Å². The number of hydrogen-bond acceptors (Lipinski definition) is 1. The second-order valence-electron chi connectivity index (χ2n) is 3.62. The van der Waals surface area contributed by atoms with Crippen LogP contribution in [-0.2, 0) is 5.60 Å². The van der Waals surface area contributed by atoms with Crippen molar-refractivity contribution in [2.75, 3.05) is 0 Å². The van der Waals surface area contributed by atoms with Gasteiger partial charge in [0, 0.05) is 4.47 Å². The Kier molecular flexibility index (Phi) is 2.78. The fourth-order valence-corrected chi connectivity index (χ4v) is 1.71. The maximum Gasteiger partial charge on any atom is 0.124 e. The standard InChI is InChI=1S/C10H12BrFO/c1-6-8(10(2,3)13)4-7(12)5-9(6)11/h4-5,13H,1-3H3. The molecule has 0 unspecified atom stereocenters. The first kappa shape index (κ1) is 10.7. The highest BCUT2D eigenvalue weighted by molar-refractivity contribution is 9.10. The fraction of sp³-hybridized carbons (Fsp3) is 0.400. The van der Waals surface area contributed by atoms with E-state index in [1.165, 1.54) is 12.1 Å². The van der Waals surface area contributed by atoms with Crippen molar-refractivity contribution in [2.45, 2.75) is 26.4 Å². The van der Waals surface area contributed by atoms with Gasteiger partial charge in [0.25, 0.3) is 0 Å². The van der Waals surface area contributed by atoms with Crippen molar-refractivity contribution in [3.8, 4) is 0 Å². The molecular formula is C10H12BrFO. The summed E-state index contributed by atoms with van der Waals surface area (Å²) in [6.45, 7) is 5.12. The lowest BCUT2D eigenvalue weighted by Gasteiger charge is -2.21. The van der Waals surface area contributed by atoms with Crippen molar-refractivity contribution in [1.82, 2.24) is 0 Å². The van der Waals surface area contributed by atoms with E-state index in [0.717, 1.165) is 5.56 Å². The Morgan fingerprint density at radius 3 is 2.38 bits per heavy atom. The number of halogens is 2. The molecular weight excluding hydrogens is 235 g/mol. The van der Waals surface area contributed by atoms with Crippen molar-refractivity contribution in [1.29, 1.82) is 0 Å². The number of rotatable bonds is 1. The molecule has 1 nitrogen and oxygen atoms in total. The predicted octanol–water partition coefficient (Wildman–Crippen LogP) is 3.12. The molecule has 0 saturated carbocycles. The van der Waals surface area contributed by atoms with Crippen molar-refractivity contribution in [2.24, 2.45) is 0 Å². The molecule has 1 rings (SSSR count). The van der Waals surface area contributed by atoms with Gasteiger partial charge >= 0.3 is 0 Å². The second kappa shape index (κ2) is 3.39. The summed E-state index contributed by atoms with van der Waals surface area (Å²) >= 11 is 3.24. The molecule has 1 aromatic carbocycles. The minimum atomic E-state index is -1.01. The van der Waals surface area contributed by atoms with E-state index in [9.17, 15) is 9.50 Å². The second-order valence-corrected chi connectivity index (χ2v) is 4.47. The smallest absolute Gasteiger partial charge is 0.124 e. The minimum absolute atomic E-state index is 0.338. The highest BCUT2D eigenvalue weighted by Gasteiger charge is 2.20. The van der Waals surface area contributed by atoms with Crippen molar-refractivity contribution >= 4 is 15.9 Å². The van der Waals surface area contributed by atoms with Crippen molar-refractivity contribution in [3.63, 3.8) is 0 Å². The van der Waals surface area contributed by atoms with Crippen LogP contribution in [0, 0.1) is 12.7 Å². The van der Waals surface area contributed by atoms with Crippen LogP contribution in [0.15, 0.2) is 16.6 Å². The normalized spacial score (nSPS) is 11.8. The monoisotopic (exact) mass is 246 g/mol. The van der Waals surface area contributed by atoms with Crippen LogP contribution in [0.2, 0.25) is 0 Å². The topological polar surface area (TPSA) is 20.2 Å². The van der Waals surface area contributed by atoms with Gasteiger partial charge in [0.1, 0.15) is 5.82 Å². The molecule has 1 aromatic rings. The maximum absolute atomic E-state index is 13.0. The average molecular weight is 247 g/mol. The highest BCUT2D eigenvalue weighted by Crippen LogP contribution is 2.29. The van der Waals surface area contributed by atoms with Crippen LogP contribution in [0.1, 0.15) is 25.0 Å². The molecule has 0 heterocycles. The summed E-state index contributed by atoms with van der Waals surface area (Å²) in [5.41, 5.74) is 0.475. The molecule has 0 radical (unpaired) electrons. The Hall–Kier alpha value is -0.410. The lowest BCUT2D eigenvalue weighted by molar-refractivity contribution is 0.0775. The van der Waals surface area contributed by atoms with E-state index in [-0.39, 0.29) is 5.82 Å². The average Bonchev–Trinajstić information content (AvgIpc) is 1.94. The molecule has 0 amide bonds. The Bertz CT molecular complexity index is 328. The van der Waals surface area contributed by atoms with E-state index in [4.69, 9.17) is 0 Å². The molecule has 0 aliphatic heterocycles. The highest BCUT2D eigenvalue weighted by atomic mass is 79.9. The van der Waals surface area contributed by atoms with Crippen LogP contribution in [0.4, 0.5) is 4.39 Å². The van der Waals surface area contributed by atoms with E-state index in [1.54, 1.807) is 13.8 Å². The number of benzene rings is 1. The van der Waals surface area contributed by atoms with Gasteiger partial charge < -0.3 is 5.11 Å². The van der Waals surface area contributed by atoms with Gasteiger partial charge in [0.15, 0.2) is 0 Å². The SMILES string of the molecule is Cc1c(Br)cc(F)cc1C(C)(C)O. The lowest BCUT2D eigenvalue weighted by atomic mass is 9.94. The van der Waals surface area contributed by atoms with Crippen molar-refractivity contribution < 1.29 is 9.50 Å². The first-order valence-corrected chi connectivity index (χ1v) is 4.80. The Morgan fingerprint density at radius 2 is 1.92 bits per heavy atom. The van der Waals surface area contributed by atoms with E-state index in [1.807, 2.05) is 6.92 Å². The summed E-state index contributed by atoms with van der Waals surface area (Å²) in [5.74, 6) is -0.338. The molecule has 0 spiro atoms. The van der Waals surface area contributed by atoms with Gasteiger partial charge in [0.2, 0.25) is 0 Å². The van der Waals surface area contributed by atoms with Crippen LogP contribution >= 0.6 is 15.9 Å². The van der Waals surface area contributed by atoms with Gasteiger partial charge in [0.05, 0.1) is 5.60 Å². The Morgan fingerprint density at radius 1 is 1.38 bits per heavy atom. The molecule has 72 valence electrons. The lowest BCUT2D eigenvalue weighted by Crippen LogP contribution is -2.17. The van der Waals surface area contributed by atoms with Crippen LogP contribution in [0.25, 0.3) is 0 Å². The van der Waals surface area contributed by atoms with Gasteiger partial charge in [-0.05, 0) is 44.0 Å². The summed E-state index contributed by atoms with van der Waals surface area (Å²) < 4.78 is 13.7. The molecule has 0 fully saturated rings. The van der Waals surface area contributed by atoms with E-state index in [2.05, 4.69) is 15.9 Å². The minimum Gasteiger partial charge on any atom is -0.386 e. The van der Waals surface area contributed by atoms with Crippen LogP contribution < -0.4 is 0 Å². The van der Waals surface area contributed by atoms with E-state index >= 15 is 0 Å². The maximum atomic E-state index is 13.0. The first-order valence-electron chi connectivity index (χ1n) is 4.01. The summed E-state index contributed by atoms with van der Waals surface area (Å²) in [6, 6.07) is 2.75. The number of hydrogen-bond donors (Lipinski definition) is 1. The molecule has 0 bridgehead atoms. The first-order chi connectivity index (χ1) is 5.82. The zero-order valence-corrected chi connectivity index (χ0v) is 9.44. The predicted molar refractivity (Wildman–Crippen MR) is 54.1 cm³/mol. The van der Waals surface area contributed by atoms with Crippen LogP contribution in [0.5, 0.6) is 0 Å². The molecule has 0 aromatic heterocycles. The molecule has 0 aliphatic carbocycles. The van der Waals surface area contributed by atoms with Gasteiger partial charge in [-0.25, -0.2) is 4.39 Å². The zero-order chi connectivity index (χ0) is 10.2. The van der Waals surface area contributed by atoms with Gasteiger partial charge in [-0.1, -0.05) is 15.9 Å². The Labute approximate surface area is 85.7 Å². The van der Waals surface area contributed by atoms with Gasteiger partial charge in [-0.15, -0.1) is 0 Å². The third kappa shape index (κ3) is 2.29. The fourth-order valence-electron chi connectivity index (χ4n) is 1.28. The molecule has 13 heavy (non-hydrogen) atoms. The quantitative estimate of drug-likeness (QED) is 0.808. The largest absolute Gasteiger partial charge is 0.386 e.